The number of ether oxygens (including phenoxy) is 1. The van der Waals surface area contributed by atoms with Gasteiger partial charge in [0.05, 0.1) is 11.3 Å². The predicted octanol–water partition coefficient (Wildman–Crippen LogP) is 4.09. The number of carbonyl (C=O) groups is 1. The summed E-state index contributed by atoms with van der Waals surface area (Å²) in [5.41, 5.74) is 3.23. The number of nitrogens with zero attached hydrogens (tertiary/aromatic N) is 1. The molecule has 2 aromatic carbocycles. The summed E-state index contributed by atoms with van der Waals surface area (Å²) in [5.74, 6) is 5.91. The molecule has 0 aliphatic rings. The Balaban J connectivity index is 1.44. The first-order valence-electron chi connectivity index (χ1n) is 7.40. The lowest BCUT2D eigenvalue weighted by atomic mass is 10.1. The summed E-state index contributed by atoms with van der Waals surface area (Å²) in [6.07, 6.45) is 0. The van der Waals surface area contributed by atoms with Crippen molar-refractivity contribution < 1.29 is 13.9 Å². The number of fused-ring (bicyclic) bond motifs is 1. The Morgan fingerprint density at radius 1 is 1.17 bits per heavy atom. The Kier molecular flexibility index (Phi) is 5.19. The summed E-state index contributed by atoms with van der Waals surface area (Å²) in [6.45, 7) is 2.04. The maximum Gasteiger partial charge on any atom is 0.339 e. The second kappa shape index (κ2) is 7.71. The molecule has 3 aromatic rings. The number of aryl methyl sites for hydroxylation is 1. The highest BCUT2D eigenvalue weighted by Crippen LogP contribution is 2.22. The first-order chi connectivity index (χ1) is 11.7. The average molecular weight is 337 g/mol. The van der Waals surface area contributed by atoms with Gasteiger partial charge in [0.25, 0.3) is 5.22 Å². The van der Waals surface area contributed by atoms with Gasteiger partial charge in [-0.15, -0.1) is 0 Å². The number of benzene rings is 2. The molecule has 0 amide bonds. The van der Waals surface area contributed by atoms with E-state index in [0.29, 0.717) is 16.5 Å². The first-order valence-corrected chi connectivity index (χ1v) is 8.39. The van der Waals surface area contributed by atoms with E-state index in [1.165, 1.54) is 11.8 Å². The number of hydrogen-bond donors (Lipinski definition) is 0. The normalized spacial score (nSPS) is 10.2. The van der Waals surface area contributed by atoms with Gasteiger partial charge in [-0.05, 0) is 31.2 Å². The molecule has 1 aromatic heterocycles. The minimum atomic E-state index is -0.365. The fraction of sp³-hybridized carbons (Fsp3) is 0.158. The highest BCUT2D eigenvalue weighted by atomic mass is 32.2. The SMILES string of the molecule is Cc1ccc(C(=O)OCC#CCSc2nc3ccccc3o2)cc1. The molecule has 0 radical (unpaired) electrons. The maximum atomic E-state index is 11.8. The van der Waals surface area contributed by atoms with Gasteiger partial charge in [-0.1, -0.05) is 53.4 Å². The first kappa shape index (κ1) is 16.2. The summed E-state index contributed by atoms with van der Waals surface area (Å²) in [5, 5.41) is 0.585. The number of para-hydroxylation sites is 2. The molecule has 0 N–H and O–H groups in total. The van der Waals surface area contributed by atoms with Crippen LogP contribution in [0.3, 0.4) is 0 Å². The highest BCUT2D eigenvalue weighted by Gasteiger charge is 2.05. The van der Waals surface area contributed by atoms with Gasteiger partial charge in [0.2, 0.25) is 0 Å². The molecular weight excluding hydrogens is 322 g/mol. The number of hydrogen-bond acceptors (Lipinski definition) is 5. The predicted molar refractivity (Wildman–Crippen MR) is 94.0 cm³/mol. The van der Waals surface area contributed by atoms with Crippen LogP contribution in [0.25, 0.3) is 11.1 Å². The minimum Gasteiger partial charge on any atom is -0.449 e. The molecule has 5 heteroatoms. The van der Waals surface area contributed by atoms with E-state index < -0.39 is 0 Å². The number of oxazole rings is 1. The Morgan fingerprint density at radius 2 is 1.96 bits per heavy atom. The molecule has 0 atom stereocenters. The van der Waals surface area contributed by atoms with Crippen LogP contribution in [0.4, 0.5) is 0 Å². The van der Waals surface area contributed by atoms with Crippen molar-refractivity contribution in [2.45, 2.75) is 12.1 Å². The van der Waals surface area contributed by atoms with E-state index in [4.69, 9.17) is 9.15 Å². The summed E-state index contributed by atoms with van der Waals surface area (Å²) in [6, 6.07) is 14.8. The van der Waals surface area contributed by atoms with E-state index in [1.54, 1.807) is 12.1 Å². The molecule has 24 heavy (non-hydrogen) atoms. The van der Waals surface area contributed by atoms with Crippen molar-refractivity contribution in [1.82, 2.24) is 4.98 Å². The largest absolute Gasteiger partial charge is 0.449 e. The molecule has 0 unspecified atom stereocenters. The zero-order valence-electron chi connectivity index (χ0n) is 13.1. The van der Waals surface area contributed by atoms with E-state index >= 15 is 0 Å². The van der Waals surface area contributed by atoms with Gasteiger partial charge in [0.15, 0.2) is 12.2 Å². The number of rotatable bonds is 4. The third-order valence-corrected chi connectivity index (χ3v) is 3.94. The second-order valence-electron chi connectivity index (χ2n) is 5.03. The third-order valence-electron chi connectivity index (χ3n) is 3.23. The van der Waals surface area contributed by atoms with Crippen LogP contribution in [0.2, 0.25) is 0 Å². The molecule has 0 spiro atoms. The molecule has 4 nitrogen and oxygen atoms in total. The van der Waals surface area contributed by atoms with Gasteiger partial charge in [-0.3, -0.25) is 0 Å². The number of carbonyl (C=O) groups excluding carboxylic acids is 1. The molecule has 1 heterocycles. The van der Waals surface area contributed by atoms with Crippen molar-refractivity contribution in [3.63, 3.8) is 0 Å². The minimum absolute atomic E-state index is 0.0703. The Hall–Kier alpha value is -2.71. The van der Waals surface area contributed by atoms with Crippen LogP contribution < -0.4 is 0 Å². The van der Waals surface area contributed by atoms with Crippen molar-refractivity contribution >= 4 is 28.8 Å². The number of aromatic nitrogens is 1. The standard InChI is InChI=1S/C19H15NO3S/c1-14-8-10-15(11-9-14)18(21)22-12-4-5-13-24-19-20-16-6-2-3-7-17(16)23-19/h2-3,6-11H,12-13H2,1H3. The Bertz CT molecular complexity index is 871. The molecule has 120 valence electrons. The van der Waals surface area contributed by atoms with Crippen molar-refractivity contribution in [2.75, 3.05) is 12.4 Å². The molecule has 0 aliphatic carbocycles. The van der Waals surface area contributed by atoms with Crippen LogP contribution in [-0.4, -0.2) is 23.3 Å². The topological polar surface area (TPSA) is 52.3 Å². The Morgan fingerprint density at radius 3 is 2.75 bits per heavy atom. The van der Waals surface area contributed by atoms with Gasteiger partial charge >= 0.3 is 5.97 Å². The monoisotopic (exact) mass is 337 g/mol. The summed E-state index contributed by atoms with van der Waals surface area (Å²) in [4.78, 5) is 16.1. The molecule has 0 saturated heterocycles. The van der Waals surface area contributed by atoms with Crippen molar-refractivity contribution in [1.29, 1.82) is 0 Å². The second-order valence-corrected chi connectivity index (χ2v) is 5.96. The van der Waals surface area contributed by atoms with Crippen LogP contribution in [0.15, 0.2) is 58.2 Å². The van der Waals surface area contributed by atoms with E-state index in [1.807, 2.05) is 43.3 Å². The summed E-state index contributed by atoms with van der Waals surface area (Å²) < 4.78 is 10.7. The van der Waals surface area contributed by atoms with Crippen LogP contribution in [0.5, 0.6) is 0 Å². The van der Waals surface area contributed by atoms with E-state index in [0.717, 1.165) is 16.7 Å². The van der Waals surface area contributed by atoms with Gasteiger partial charge in [0, 0.05) is 0 Å². The fourth-order valence-electron chi connectivity index (χ4n) is 1.99. The van der Waals surface area contributed by atoms with Crippen molar-refractivity contribution in [3.05, 3.63) is 59.7 Å². The van der Waals surface area contributed by atoms with E-state index in [2.05, 4.69) is 16.8 Å². The summed E-state index contributed by atoms with van der Waals surface area (Å²) >= 11 is 1.41. The van der Waals surface area contributed by atoms with Gasteiger partial charge in [-0.2, -0.15) is 0 Å². The van der Waals surface area contributed by atoms with Gasteiger partial charge in [0.1, 0.15) is 5.52 Å². The lowest BCUT2D eigenvalue weighted by Gasteiger charge is -2.00. The number of thioether (sulfide) groups is 1. The van der Waals surface area contributed by atoms with E-state index in [-0.39, 0.29) is 12.6 Å². The summed E-state index contributed by atoms with van der Waals surface area (Å²) in [7, 11) is 0. The van der Waals surface area contributed by atoms with Crippen LogP contribution >= 0.6 is 11.8 Å². The zero-order chi connectivity index (χ0) is 16.8. The van der Waals surface area contributed by atoms with Crippen LogP contribution in [-0.2, 0) is 4.74 Å². The fourth-order valence-corrected chi connectivity index (χ4v) is 2.60. The average Bonchev–Trinajstić information content (AvgIpc) is 3.01. The van der Waals surface area contributed by atoms with Crippen molar-refractivity contribution in [2.24, 2.45) is 0 Å². The smallest absolute Gasteiger partial charge is 0.339 e. The highest BCUT2D eigenvalue weighted by molar-refractivity contribution is 7.99. The maximum absolute atomic E-state index is 11.8. The van der Waals surface area contributed by atoms with Crippen molar-refractivity contribution in [3.8, 4) is 11.8 Å². The third kappa shape index (κ3) is 4.18. The molecule has 0 bridgehead atoms. The quantitative estimate of drug-likeness (QED) is 0.408. The van der Waals surface area contributed by atoms with Gasteiger partial charge < -0.3 is 9.15 Å². The lowest BCUT2D eigenvalue weighted by molar-refractivity contribution is 0.0556. The van der Waals surface area contributed by atoms with Crippen LogP contribution in [0, 0.1) is 18.8 Å². The molecule has 0 saturated carbocycles. The number of esters is 1. The Labute approximate surface area is 144 Å². The van der Waals surface area contributed by atoms with Gasteiger partial charge in [-0.25, -0.2) is 9.78 Å². The molecule has 0 fully saturated rings. The van der Waals surface area contributed by atoms with E-state index in [9.17, 15) is 4.79 Å². The van der Waals surface area contributed by atoms with Crippen LogP contribution in [0.1, 0.15) is 15.9 Å². The molecule has 0 aliphatic heterocycles. The molecule has 3 rings (SSSR count). The lowest BCUT2D eigenvalue weighted by Crippen LogP contribution is -2.05. The molecular formula is C19H15NO3S. The zero-order valence-corrected chi connectivity index (χ0v) is 13.9.